The predicted octanol–water partition coefficient (Wildman–Crippen LogP) is 4.51. The Hall–Kier alpha value is -2.31. The standard InChI is InChI=1S/C20H21ClN4OS/c1-3-12-22-18(26)13-27-20-24-23-19(15-6-4-14(2)5-7-15)25(20)17-10-8-16(21)9-11-17/h4-11H,3,12-13H2,1-2H3,(H,22,26). The highest BCUT2D eigenvalue weighted by Crippen LogP contribution is 2.28. The van der Waals surface area contributed by atoms with Gasteiger partial charge in [0.2, 0.25) is 5.91 Å². The summed E-state index contributed by atoms with van der Waals surface area (Å²) >= 11 is 7.41. The van der Waals surface area contributed by atoms with Gasteiger partial charge in [-0.15, -0.1) is 10.2 Å². The number of hydrogen-bond donors (Lipinski definition) is 1. The highest BCUT2D eigenvalue weighted by molar-refractivity contribution is 7.99. The smallest absolute Gasteiger partial charge is 0.230 e. The molecule has 0 fully saturated rings. The zero-order valence-electron chi connectivity index (χ0n) is 15.3. The summed E-state index contributed by atoms with van der Waals surface area (Å²) < 4.78 is 1.96. The van der Waals surface area contributed by atoms with E-state index in [1.165, 1.54) is 17.3 Å². The highest BCUT2D eigenvalue weighted by atomic mass is 35.5. The molecule has 0 saturated heterocycles. The summed E-state index contributed by atoms with van der Waals surface area (Å²) in [5.41, 5.74) is 3.04. The average Bonchev–Trinajstić information content (AvgIpc) is 3.10. The third-order valence-electron chi connectivity index (χ3n) is 3.93. The minimum Gasteiger partial charge on any atom is -0.355 e. The number of aromatic nitrogens is 3. The quantitative estimate of drug-likeness (QED) is 0.592. The fourth-order valence-corrected chi connectivity index (χ4v) is 3.43. The highest BCUT2D eigenvalue weighted by Gasteiger charge is 2.17. The van der Waals surface area contributed by atoms with Crippen LogP contribution in [0.5, 0.6) is 0 Å². The summed E-state index contributed by atoms with van der Waals surface area (Å²) in [4.78, 5) is 12.0. The second-order valence-electron chi connectivity index (χ2n) is 6.12. The van der Waals surface area contributed by atoms with Crippen LogP contribution in [0.2, 0.25) is 5.02 Å². The van der Waals surface area contributed by atoms with Crippen LogP contribution in [0.25, 0.3) is 17.1 Å². The third kappa shape index (κ3) is 4.90. The number of hydrogen-bond acceptors (Lipinski definition) is 4. The van der Waals surface area contributed by atoms with Gasteiger partial charge in [-0.25, -0.2) is 0 Å². The molecule has 7 heteroatoms. The molecule has 0 aliphatic rings. The molecule has 0 saturated carbocycles. The number of halogens is 1. The fourth-order valence-electron chi connectivity index (χ4n) is 2.52. The summed E-state index contributed by atoms with van der Waals surface area (Å²) in [5.74, 6) is 1.01. The van der Waals surface area contributed by atoms with Crippen LogP contribution >= 0.6 is 23.4 Å². The molecule has 1 heterocycles. The summed E-state index contributed by atoms with van der Waals surface area (Å²) in [7, 11) is 0. The number of nitrogens with zero attached hydrogens (tertiary/aromatic N) is 3. The van der Waals surface area contributed by atoms with Crippen molar-refractivity contribution >= 4 is 29.3 Å². The molecule has 0 unspecified atom stereocenters. The second kappa shape index (κ2) is 9.06. The van der Waals surface area contributed by atoms with E-state index < -0.39 is 0 Å². The van der Waals surface area contributed by atoms with Crippen molar-refractivity contribution in [3.63, 3.8) is 0 Å². The van der Waals surface area contributed by atoms with Gasteiger partial charge in [-0.1, -0.05) is 60.1 Å². The van der Waals surface area contributed by atoms with E-state index in [0.29, 0.717) is 22.5 Å². The molecule has 3 rings (SSSR count). The van der Waals surface area contributed by atoms with Gasteiger partial charge in [0.25, 0.3) is 0 Å². The first-order valence-corrected chi connectivity index (χ1v) is 10.1. The maximum absolute atomic E-state index is 12.0. The SMILES string of the molecule is CCCNC(=O)CSc1nnc(-c2ccc(C)cc2)n1-c1ccc(Cl)cc1. The lowest BCUT2D eigenvalue weighted by Crippen LogP contribution is -2.25. The number of benzene rings is 2. The van der Waals surface area contributed by atoms with Crippen molar-refractivity contribution in [3.05, 3.63) is 59.1 Å². The number of carbonyl (C=O) groups is 1. The first kappa shape index (κ1) is 19.5. The van der Waals surface area contributed by atoms with Crippen molar-refractivity contribution in [2.45, 2.75) is 25.4 Å². The Morgan fingerprint density at radius 2 is 1.81 bits per heavy atom. The van der Waals surface area contributed by atoms with Gasteiger partial charge in [0.15, 0.2) is 11.0 Å². The molecular formula is C20H21ClN4OS. The zero-order valence-corrected chi connectivity index (χ0v) is 16.8. The van der Waals surface area contributed by atoms with Crippen LogP contribution in [-0.2, 0) is 4.79 Å². The van der Waals surface area contributed by atoms with Crippen LogP contribution < -0.4 is 5.32 Å². The van der Waals surface area contributed by atoms with Crippen molar-refractivity contribution < 1.29 is 4.79 Å². The molecule has 140 valence electrons. The van der Waals surface area contributed by atoms with Crippen molar-refractivity contribution in [2.75, 3.05) is 12.3 Å². The molecule has 27 heavy (non-hydrogen) atoms. The van der Waals surface area contributed by atoms with Gasteiger partial charge >= 0.3 is 0 Å². The lowest BCUT2D eigenvalue weighted by atomic mass is 10.1. The fraction of sp³-hybridized carbons (Fsp3) is 0.250. The zero-order chi connectivity index (χ0) is 19.2. The Bertz CT molecular complexity index is 907. The van der Waals surface area contributed by atoms with Gasteiger partial charge in [-0.05, 0) is 37.6 Å². The molecule has 0 bridgehead atoms. The topological polar surface area (TPSA) is 59.8 Å². The van der Waals surface area contributed by atoms with Gasteiger partial charge < -0.3 is 5.32 Å². The first-order valence-electron chi connectivity index (χ1n) is 8.76. The number of rotatable bonds is 7. The Labute approximate surface area is 168 Å². The van der Waals surface area contributed by atoms with Crippen LogP contribution in [0.15, 0.2) is 53.7 Å². The van der Waals surface area contributed by atoms with Crippen LogP contribution in [-0.4, -0.2) is 33.0 Å². The lowest BCUT2D eigenvalue weighted by Gasteiger charge is -2.11. The van der Waals surface area contributed by atoms with Gasteiger partial charge in [0.1, 0.15) is 0 Å². The van der Waals surface area contributed by atoms with Crippen LogP contribution in [0, 0.1) is 6.92 Å². The van der Waals surface area contributed by atoms with Gasteiger partial charge in [0.05, 0.1) is 5.75 Å². The van der Waals surface area contributed by atoms with E-state index in [0.717, 1.165) is 23.5 Å². The summed E-state index contributed by atoms with van der Waals surface area (Å²) in [6, 6.07) is 15.6. The molecule has 1 N–H and O–H groups in total. The average molecular weight is 401 g/mol. The van der Waals surface area contributed by atoms with Crippen molar-refractivity contribution in [1.82, 2.24) is 20.1 Å². The third-order valence-corrected chi connectivity index (χ3v) is 5.11. The molecule has 0 aliphatic carbocycles. The Kier molecular flexibility index (Phi) is 6.53. The minimum absolute atomic E-state index is 0.00982. The van der Waals surface area contributed by atoms with E-state index in [-0.39, 0.29) is 5.91 Å². The van der Waals surface area contributed by atoms with E-state index in [9.17, 15) is 4.79 Å². The largest absolute Gasteiger partial charge is 0.355 e. The van der Waals surface area contributed by atoms with E-state index in [1.54, 1.807) is 0 Å². The molecular weight excluding hydrogens is 380 g/mol. The second-order valence-corrected chi connectivity index (χ2v) is 7.50. The number of aryl methyl sites for hydroxylation is 1. The van der Waals surface area contributed by atoms with Gasteiger partial charge in [0, 0.05) is 22.8 Å². The summed E-state index contributed by atoms with van der Waals surface area (Å²) in [6.45, 7) is 4.75. The minimum atomic E-state index is -0.00982. The van der Waals surface area contributed by atoms with Crippen LogP contribution in [0.1, 0.15) is 18.9 Å². The van der Waals surface area contributed by atoms with E-state index in [2.05, 4.69) is 15.5 Å². The number of carbonyl (C=O) groups excluding carboxylic acids is 1. The Balaban J connectivity index is 1.94. The maximum atomic E-state index is 12.0. The first-order chi connectivity index (χ1) is 13.1. The predicted molar refractivity (Wildman–Crippen MR) is 111 cm³/mol. The molecule has 0 radical (unpaired) electrons. The van der Waals surface area contributed by atoms with E-state index in [4.69, 9.17) is 11.6 Å². The number of thioether (sulfide) groups is 1. The molecule has 0 atom stereocenters. The molecule has 0 aliphatic heterocycles. The normalized spacial score (nSPS) is 10.8. The summed E-state index contributed by atoms with van der Waals surface area (Å²) in [6.07, 6.45) is 0.912. The molecule has 5 nitrogen and oxygen atoms in total. The molecule has 1 aromatic heterocycles. The molecule has 0 spiro atoms. The Morgan fingerprint density at radius 1 is 1.11 bits per heavy atom. The lowest BCUT2D eigenvalue weighted by molar-refractivity contribution is -0.118. The van der Waals surface area contributed by atoms with Crippen molar-refractivity contribution in [3.8, 4) is 17.1 Å². The maximum Gasteiger partial charge on any atom is 0.230 e. The van der Waals surface area contributed by atoms with E-state index in [1.807, 2.05) is 66.9 Å². The van der Waals surface area contributed by atoms with Crippen LogP contribution in [0.3, 0.4) is 0 Å². The molecule has 1 amide bonds. The number of nitrogens with one attached hydrogen (secondary N) is 1. The van der Waals surface area contributed by atoms with Gasteiger partial charge in [-0.3, -0.25) is 9.36 Å². The molecule has 2 aromatic carbocycles. The molecule has 3 aromatic rings. The van der Waals surface area contributed by atoms with Crippen LogP contribution in [0.4, 0.5) is 0 Å². The summed E-state index contributed by atoms with van der Waals surface area (Å²) in [5, 5.41) is 12.9. The monoisotopic (exact) mass is 400 g/mol. The van der Waals surface area contributed by atoms with E-state index >= 15 is 0 Å². The van der Waals surface area contributed by atoms with Crippen molar-refractivity contribution in [2.24, 2.45) is 0 Å². The van der Waals surface area contributed by atoms with Crippen molar-refractivity contribution in [1.29, 1.82) is 0 Å². The van der Waals surface area contributed by atoms with Gasteiger partial charge in [-0.2, -0.15) is 0 Å². The number of amides is 1. The Morgan fingerprint density at radius 3 is 2.48 bits per heavy atom.